The van der Waals surface area contributed by atoms with Crippen LogP contribution in [0.1, 0.15) is 6.92 Å². The number of rotatable bonds is 7. The van der Waals surface area contributed by atoms with Crippen molar-refractivity contribution in [1.29, 1.82) is 0 Å². The number of thioether (sulfide) groups is 1. The molecule has 1 aliphatic rings. The Morgan fingerprint density at radius 3 is 2.54 bits per heavy atom. The highest BCUT2D eigenvalue weighted by Gasteiger charge is 2.26. The zero-order chi connectivity index (χ0) is 17.6. The molecule has 24 heavy (non-hydrogen) atoms. The van der Waals surface area contributed by atoms with E-state index in [1.165, 1.54) is 28.2 Å². The van der Waals surface area contributed by atoms with Crippen LogP contribution in [0.2, 0.25) is 0 Å². The van der Waals surface area contributed by atoms with Crippen LogP contribution in [0.3, 0.4) is 0 Å². The van der Waals surface area contributed by atoms with Gasteiger partial charge in [-0.1, -0.05) is 0 Å². The SMILES string of the molecule is C[C@H](SCCO)C(=O)Nc1ccc(S(=O)(=O)N2CCOCC2)cc1. The highest BCUT2D eigenvalue weighted by molar-refractivity contribution is 8.00. The van der Waals surface area contributed by atoms with E-state index in [2.05, 4.69) is 5.32 Å². The van der Waals surface area contributed by atoms with Crippen LogP contribution < -0.4 is 5.32 Å². The predicted octanol–water partition coefficient (Wildman–Crippen LogP) is 0.760. The van der Waals surface area contributed by atoms with E-state index < -0.39 is 10.0 Å². The van der Waals surface area contributed by atoms with Crippen LogP contribution in [0.25, 0.3) is 0 Å². The zero-order valence-electron chi connectivity index (χ0n) is 13.5. The Kier molecular flexibility index (Phi) is 7.05. The second-order valence-electron chi connectivity index (χ2n) is 5.27. The third-order valence-corrected chi connectivity index (χ3v) is 6.60. The lowest BCUT2D eigenvalue weighted by Crippen LogP contribution is -2.40. The van der Waals surface area contributed by atoms with Crippen LogP contribution >= 0.6 is 11.8 Å². The van der Waals surface area contributed by atoms with Gasteiger partial charge in [0.05, 0.1) is 30.0 Å². The van der Waals surface area contributed by atoms with Gasteiger partial charge in [-0.3, -0.25) is 4.79 Å². The normalized spacial score (nSPS) is 17.4. The first-order valence-corrected chi connectivity index (χ1v) is 10.2. The quantitative estimate of drug-likeness (QED) is 0.732. The molecule has 1 aromatic carbocycles. The Balaban J connectivity index is 2.01. The summed E-state index contributed by atoms with van der Waals surface area (Å²) in [6, 6.07) is 6.14. The van der Waals surface area contributed by atoms with Crippen LogP contribution in [-0.2, 0) is 19.6 Å². The fraction of sp³-hybridized carbons (Fsp3) is 0.533. The smallest absolute Gasteiger partial charge is 0.243 e. The molecular formula is C15H22N2O5S2. The number of ether oxygens (including phenoxy) is 1. The molecular weight excluding hydrogens is 352 g/mol. The summed E-state index contributed by atoms with van der Waals surface area (Å²) < 4.78 is 31.6. The Labute approximate surface area is 146 Å². The van der Waals surface area contributed by atoms with E-state index in [1.54, 1.807) is 19.1 Å². The Bertz CT molecular complexity index is 642. The molecule has 0 radical (unpaired) electrons. The number of hydrogen-bond donors (Lipinski definition) is 2. The lowest BCUT2D eigenvalue weighted by Gasteiger charge is -2.26. The van der Waals surface area contributed by atoms with Gasteiger partial charge in [0.25, 0.3) is 0 Å². The Morgan fingerprint density at radius 2 is 1.96 bits per heavy atom. The maximum absolute atomic E-state index is 12.5. The molecule has 1 fully saturated rings. The van der Waals surface area contributed by atoms with Crippen LogP contribution in [0.4, 0.5) is 5.69 Å². The van der Waals surface area contributed by atoms with Gasteiger partial charge in [0.15, 0.2) is 0 Å². The molecule has 0 aliphatic carbocycles. The van der Waals surface area contributed by atoms with Gasteiger partial charge in [0.2, 0.25) is 15.9 Å². The van der Waals surface area contributed by atoms with Crippen molar-refractivity contribution < 1.29 is 23.1 Å². The average molecular weight is 374 g/mol. The lowest BCUT2D eigenvalue weighted by molar-refractivity contribution is -0.115. The molecule has 0 saturated carbocycles. The molecule has 1 amide bonds. The predicted molar refractivity (Wildman–Crippen MR) is 93.7 cm³/mol. The summed E-state index contributed by atoms with van der Waals surface area (Å²) in [6.07, 6.45) is 0. The molecule has 1 saturated heterocycles. The van der Waals surface area contributed by atoms with Gasteiger partial charge in [-0.2, -0.15) is 4.31 Å². The summed E-state index contributed by atoms with van der Waals surface area (Å²) in [7, 11) is -3.53. The van der Waals surface area contributed by atoms with Gasteiger partial charge < -0.3 is 15.2 Å². The highest BCUT2D eigenvalue weighted by Crippen LogP contribution is 2.20. The molecule has 1 atom stereocenters. The first-order valence-electron chi connectivity index (χ1n) is 7.66. The summed E-state index contributed by atoms with van der Waals surface area (Å²) in [4.78, 5) is 12.2. The zero-order valence-corrected chi connectivity index (χ0v) is 15.1. The number of benzene rings is 1. The average Bonchev–Trinajstić information content (AvgIpc) is 2.60. The number of hydrogen-bond acceptors (Lipinski definition) is 6. The van der Waals surface area contributed by atoms with E-state index >= 15 is 0 Å². The van der Waals surface area contributed by atoms with Gasteiger partial charge >= 0.3 is 0 Å². The standard InChI is InChI=1S/C15H22N2O5S2/c1-12(23-11-8-18)15(19)16-13-2-4-14(5-3-13)24(20,21)17-6-9-22-10-7-17/h2-5,12,18H,6-11H2,1H3,(H,16,19)/t12-/m0/s1. The Morgan fingerprint density at radius 1 is 1.33 bits per heavy atom. The van der Waals surface area contributed by atoms with Gasteiger partial charge in [0.1, 0.15) is 0 Å². The minimum atomic E-state index is -3.53. The second-order valence-corrected chi connectivity index (χ2v) is 8.65. The second kappa shape index (κ2) is 8.82. The van der Waals surface area contributed by atoms with E-state index in [9.17, 15) is 13.2 Å². The fourth-order valence-electron chi connectivity index (χ4n) is 2.20. The number of carbonyl (C=O) groups excluding carboxylic acids is 1. The third kappa shape index (κ3) is 4.93. The van der Waals surface area contributed by atoms with Gasteiger partial charge in [0, 0.05) is 24.5 Å². The summed E-state index contributed by atoms with van der Waals surface area (Å²) in [5.41, 5.74) is 0.539. The van der Waals surface area contributed by atoms with Gasteiger partial charge in [-0.25, -0.2) is 8.42 Å². The van der Waals surface area contributed by atoms with E-state index in [-0.39, 0.29) is 22.7 Å². The van der Waals surface area contributed by atoms with E-state index in [0.29, 0.717) is 37.7 Å². The van der Waals surface area contributed by atoms with Crippen LogP contribution in [0.5, 0.6) is 0 Å². The van der Waals surface area contributed by atoms with E-state index in [4.69, 9.17) is 9.84 Å². The molecule has 2 rings (SSSR count). The van der Waals surface area contributed by atoms with Crippen LogP contribution in [0.15, 0.2) is 29.2 Å². The van der Waals surface area contributed by atoms with Crippen molar-refractivity contribution >= 4 is 33.4 Å². The van der Waals surface area contributed by atoms with E-state index in [1.807, 2.05) is 0 Å². The third-order valence-electron chi connectivity index (χ3n) is 3.56. The molecule has 7 nitrogen and oxygen atoms in total. The molecule has 134 valence electrons. The van der Waals surface area contributed by atoms with Gasteiger partial charge in [-0.15, -0.1) is 11.8 Å². The molecule has 2 N–H and O–H groups in total. The number of anilines is 1. The molecule has 9 heteroatoms. The number of aliphatic hydroxyl groups is 1. The first kappa shape index (κ1) is 19.2. The van der Waals surface area contributed by atoms with Crippen molar-refractivity contribution in [3.05, 3.63) is 24.3 Å². The summed E-state index contributed by atoms with van der Waals surface area (Å²) in [5.74, 6) is 0.308. The molecule has 1 aromatic rings. The van der Waals surface area contributed by atoms with Crippen molar-refractivity contribution in [3.8, 4) is 0 Å². The maximum atomic E-state index is 12.5. The molecule has 0 spiro atoms. The van der Waals surface area contributed by atoms with Gasteiger partial charge in [-0.05, 0) is 31.2 Å². The van der Waals surface area contributed by atoms with E-state index in [0.717, 1.165) is 0 Å². The molecule has 0 unspecified atom stereocenters. The van der Waals surface area contributed by atoms with Crippen LogP contribution in [-0.4, -0.2) is 67.6 Å². The summed E-state index contributed by atoms with van der Waals surface area (Å²) >= 11 is 1.35. The highest BCUT2D eigenvalue weighted by atomic mass is 32.2. The Hall–Kier alpha value is -1.13. The number of nitrogens with one attached hydrogen (secondary N) is 1. The summed E-state index contributed by atoms with van der Waals surface area (Å²) in [5, 5.41) is 11.2. The largest absolute Gasteiger partial charge is 0.396 e. The first-order chi connectivity index (χ1) is 11.4. The lowest BCUT2D eigenvalue weighted by atomic mass is 10.3. The number of morpholine rings is 1. The fourth-order valence-corrected chi connectivity index (χ4v) is 4.27. The molecule has 1 heterocycles. The number of sulfonamides is 1. The van der Waals surface area contributed by atoms with Crippen molar-refractivity contribution in [2.24, 2.45) is 0 Å². The van der Waals surface area contributed by atoms with Crippen LogP contribution in [0, 0.1) is 0 Å². The van der Waals surface area contributed by atoms with Crippen molar-refractivity contribution in [2.45, 2.75) is 17.1 Å². The molecule has 1 aliphatic heterocycles. The molecule has 0 aromatic heterocycles. The number of nitrogens with zero attached hydrogens (tertiary/aromatic N) is 1. The molecule has 0 bridgehead atoms. The monoisotopic (exact) mass is 374 g/mol. The summed E-state index contributed by atoms with van der Waals surface area (Å²) in [6.45, 7) is 3.28. The van der Waals surface area contributed by atoms with Crippen molar-refractivity contribution in [2.75, 3.05) is 44.0 Å². The maximum Gasteiger partial charge on any atom is 0.243 e. The minimum absolute atomic E-state index is 0.0242. The van der Waals surface area contributed by atoms with Crippen molar-refractivity contribution in [3.63, 3.8) is 0 Å². The topological polar surface area (TPSA) is 95.9 Å². The number of carbonyl (C=O) groups is 1. The number of amides is 1. The number of aliphatic hydroxyl groups excluding tert-OH is 1. The minimum Gasteiger partial charge on any atom is -0.396 e. The van der Waals surface area contributed by atoms with Crippen molar-refractivity contribution in [1.82, 2.24) is 4.31 Å².